The predicted molar refractivity (Wildman–Crippen MR) is 125 cm³/mol. The summed E-state index contributed by atoms with van der Waals surface area (Å²) in [6.45, 7) is 7.03. The lowest BCUT2D eigenvalue weighted by atomic mass is 9.94. The molecule has 1 heterocycles. The molecule has 0 radical (unpaired) electrons. The summed E-state index contributed by atoms with van der Waals surface area (Å²) in [5.41, 5.74) is 0. The van der Waals surface area contributed by atoms with Gasteiger partial charge in [-0.3, -0.25) is 4.79 Å². The van der Waals surface area contributed by atoms with E-state index in [0.717, 1.165) is 25.7 Å². The van der Waals surface area contributed by atoms with E-state index in [1.54, 1.807) is 0 Å². The van der Waals surface area contributed by atoms with Crippen LogP contribution in [0.25, 0.3) is 0 Å². The molecular formula is C26H34O4Si. The molecule has 0 aromatic heterocycles. The highest BCUT2D eigenvalue weighted by atomic mass is 28.4. The molecule has 0 amide bonds. The first-order chi connectivity index (χ1) is 14.9. The second kappa shape index (κ2) is 8.98. The van der Waals surface area contributed by atoms with Crippen molar-refractivity contribution in [1.29, 1.82) is 0 Å². The van der Waals surface area contributed by atoms with E-state index in [9.17, 15) is 4.79 Å². The Hall–Kier alpha value is -1.79. The molecular weight excluding hydrogens is 404 g/mol. The lowest BCUT2D eigenvalue weighted by Gasteiger charge is -2.43. The van der Waals surface area contributed by atoms with Gasteiger partial charge in [0.25, 0.3) is 8.32 Å². The van der Waals surface area contributed by atoms with Crippen LogP contribution in [0.15, 0.2) is 60.7 Å². The molecule has 4 nitrogen and oxygen atoms in total. The Kier molecular flexibility index (Phi) is 6.49. The standard InChI is InChI=1S/C26H34O4Si/c1-25(2,3)31(21-13-7-4-8-14-21,22-15-9-5-10-16-22)29-19-23(27)24-20-28-26(30-24)17-11-6-12-18-26/h4-5,7-10,13-16,24H,6,11-12,17-20H2,1-3H3/t24-/m0/s1. The number of benzene rings is 2. The molecule has 1 aliphatic carbocycles. The minimum atomic E-state index is -2.73. The molecule has 5 heteroatoms. The Morgan fingerprint density at radius 1 is 0.968 bits per heavy atom. The number of Topliss-reactive ketones (excluding diaryl/α,β-unsaturated/α-hetero) is 1. The summed E-state index contributed by atoms with van der Waals surface area (Å²) in [6, 6.07) is 20.8. The fraction of sp³-hybridized carbons (Fsp3) is 0.500. The Balaban J connectivity index is 1.59. The molecule has 0 unspecified atom stereocenters. The van der Waals surface area contributed by atoms with Crippen LogP contribution in [0.1, 0.15) is 52.9 Å². The van der Waals surface area contributed by atoms with Crippen molar-refractivity contribution in [2.24, 2.45) is 0 Å². The fourth-order valence-corrected chi connectivity index (χ4v) is 9.61. The van der Waals surface area contributed by atoms with Crippen LogP contribution in [-0.2, 0) is 18.7 Å². The molecule has 2 aliphatic rings. The third-order valence-electron chi connectivity index (χ3n) is 6.68. The SMILES string of the molecule is CC(C)(C)[Si](OCC(=O)[C@@H]1COC2(CCCCC2)O1)(c1ccccc1)c1ccccc1. The summed E-state index contributed by atoms with van der Waals surface area (Å²) < 4.78 is 18.9. The highest BCUT2D eigenvalue weighted by Gasteiger charge is 2.51. The molecule has 2 fully saturated rings. The summed E-state index contributed by atoms with van der Waals surface area (Å²) >= 11 is 0. The van der Waals surface area contributed by atoms with Gasteiger partial charge < -0.3 is 13.9 Å². The maximum Gasteiger partial charge on any atom is 0.261 e. The van der Waals surface area contributed by atoms with Crippen LogP contribution in [0, 0.1) is 0 Å². The van der Waals surface area contributed by atoms with Crippen LogP contribution in [0.3, 0.4) is 0 Å². The normalized spacial score (nSPS) is 21.3. The smallest absolute Gasteiger partial charge is 0.261 e. The lowest BCUT2D eigenvalue weighted by Crippen LogP contribution is -2.67. The monoisotopic (exact) mass is 438 g/mol. The minimum Gasteiger partial charge on any atom is -0.400 e. The summed E-state index contributed by atoms with van der Waals surface area (Å²) in [7, 11) is -2.73. The average molecular weight is 439 g/mol. The molecule has 1 saturated heterocycles. The molecule has 1 aliphatic heterocycles. The summed E-state index contributed by atoms with van der Waals surface area (Å²) in [5, 5.41) is 2.19. The lowest BCUT2D eigenvalue weighted by molar-refractivity contribution is -0.189. The number of ether oxygens (including phenoxy) is 2. The molecule has 0 bridgehead atoms. The highest BCUT2D eigenvalue weighted by molar-refractivity contribution is 6.99. The Morgan fingerprint density at radius 2 is 1.52 bits per heavy atom. The topological polar surface area (TPSA) is 44.8 Å². The summed E-state index contributed by atoms with van der Waals surface area (Å²) in [6.07, 6.45) is 4.64. The number of carbonyl (C=O) groups excluding carboxylic acids is 1. The molecule has 31 heavy (non-hydrogen) atoms. The molecule has 1 atom stereocenters. The fourth-order valence-electron chi connectivity index (χ4n) is 5.10. The first-order valence-corrected chi connectivity index (χ1v) is 13.4. The van der Waals surface area contributed by atoms with Crippen molar-refractivity contribution in [3.8, 4) is 0 Å². The van der Waals surface area contributed by atoms with E-state index in [4.69, 9.17) is 13.9 Å². The molecule has 0 N–H and O–H groups in total. The quantitative estimate of drug-likeness (QED) is 0.634. The maximum atomic E-state index is 13.2. The maximum absolute atomic E-state index is 13.2. The minimum absolute atomic E-state index is 0.0181. The van der Waals surface area contributed by atoms with Crippen molar-refractivity contribution in [2.75, 3.05) is 13.2 Å². The van der Waals surface area contributed by atoms with E-state index in [2.05, 4.69) is 69.3 Å². The first kappa shape index (κ1) is 22.4. The van der Waals surface area contributed by atoms with Gasteiger partial charge in [0, 0.05) is 12.8 Å². The Morgan fingerprint density at radius 3 is 2.03 bits per heavy atom. The zero-order chi connectivity index (χ0) is 22.0. The third-order valence-corrected chi connectivity index (χ3v) is 11.7. The number of rotatable bonds is 6. The first-order valence-electron chi connectivity index (χ1n) is 11.5. The van der Waals surface area contributed by atoms with Gasteiger partial charge in [0.05, 0.1) is 13.2 Å². The van der Waals surface area contributed by atoms with Crippen molar-refractivity contribution in [3.05, 3.63) is 60.7 Å². The van der Waals surface area contributed by atoms with Gasteiger partial charge in [-0.2, -0.15) is 0 Å². The third kappa shape index (κ3) is 4.42. The van der Waals surface area contributed by atoms with Gasteiger partial charge in [0.2, 0.25) is 0 Å². The van der Waals surface area contributed by atoms with Crippen molar-refractivity contribution in [3.63, 3.8) is 0 Å². The number of ketones is 1. The largest absolute Gasteiger partial charge is 0.400 e. The van der Waals surface area contributed by atoms with Gasteiger partial charge in [-0.25, -0.2) is 0 Å². The zero-order valence-electron chi connectivity index (χ0n) is 18.9. The number of hydrogen-bond acceptors (Lipinski definition) is 4. The highest BCUT2D eigenvalue weighted by Crippen LogP contribution is 2.39. The van der Waals surface area contributed by atoms with Gasteiger partial charge in [0.1, 0.15) is 6.10 Å². The van der Waals surface area contributed by atoms with Crippen LogP contribution in [-0.4, -0.2) is 39.2 Å². The van der Waals surface area contributed by atoms with Crippen LogP contribution in [0.4, 0.5) is 0 Å². The van der Waals surface area contributed by atoms with Crippen molar-refractivity contribution in [2.45, 2.75) is 69.8 Å². The zero-order valence-corrected chi connectivity index (χ0v) is 19.9. The molecule has 4 rings (SSSR count). The second-order valence-electron chi connectivity index (χ2n) is 9.81. The van der Waals surface area contributed by atoms with Gasteiger partial charge in [0.15, 0.2) is 11.6 Å². The van der Waals surface area contributed by atoms with Crippen LogP contribution < -0.4 is 10.4 Å². The second-order valence-corrected chi connectivity index (χ2v) is 14.1. The summed E-state index contributed by atoms with van der Waals surface area (Å²) in [5.74, 6) is -0.564. The van der Waals surface area contributed by atoms with Gasteiger partial charge >= 0.3 is 0 Å². The van der Waals surface area contributed by atoms with Gasteiger partial charge in [-0.05, 0) is 28.3 Å². The van der Waals surface area contributed by atoms with Crippen molar-refractivity contribution < 1.29 is 18.7 Å². The van der Waals surface area contributed by atoms with Gasteiger partial charge in [-0.15, -0.1) is 0 Å². The molecule has 1 spiro atoms. The van der Waals surface area contributed by atoms with Crippen LogP contribution in [0.5, 0.6) is 0 Å². The van der Waals surface area contributed by atoms with Crippen LogP contribution in [0.2, 0.25) is 5.04 Å². The number of hydrogen-bond donors (Lipinski definition) is 0. The van der Waals surface area contributed by atoms with Gasteiger partial charge in [-0.1, -0.05) is 87.9 Å². The van der Waals surface area contributed by atoms with E-state index in [1.165, 1.54) is 16.8 Å². The van der Waals surface area contributed by atoms with E-state index >= 15 is 0 Å². The number of carbonyl (C=O) groups is 1. The van der Waals surface area contributed by atoms with Crippen molar-refractivity contribution >= 4 is 24.5 Å². The molecule has 1 saturated carbocycles. The molecule has 166 valence electrons. The van der Waals surface area contributed by atoms with E-state index in [0.29, 0.717) is 6.61 Å². The molecule has 2 aromatic carbocycles. The average Bonchev–Trinajstić information content (AvgIpc) is 3.18. The Bertz CT molecular complexity index is 830. The molecule has 2 aromatic rings. The van der Waals surface area contributed by atoms with Crippen LogP contribution >= 0.6 is 0 Å². The predicted octanol–water partition coefficient (Wildman–Crippen LogP) is 4.21. The Labute approximate surface area is 187 Å². The van der Waals surface area contributed by atoms with E-state index in [-0.39, 0.29) is 17.4 Å². The van der Waals surface area contributed by atoms with Crippen molar-refractivity contribution in [1.82, 2.24) is 0 Å². The van der Waals surface area contributed by atoms with E-state index in [1.807, 2.05) is 12.1 Å². The summed E-state index contributed by atoms with van der Waals surface area (Å²) in [4.78, 5) is 13.2. The van der Waals surface area contributed by atoms with E-state index < -0.39 is 20.2 Å².